The Morgan fingerprint density at radius 1 is 1.39 bits per heavy atom. The minimum Gasteiger partial charge on any atom is -0.459 e. The van der Waals surface area contributed by atoms with Crippen LogP contribution >= 0.6 is 0 Å². The highest BCUT2D eigenvalue weighted by molar-refractivity contribution is 5.85. The smallest absolute Gasteiger partial charge is 0.328 e. The maximum Gasteiger partial charge on any atom is 0.328 e. The molecule has 1 saturated heterocycles. The standard InChI is InChI=1S/C19H27NO3/c1-6-12-19(17(21)23-18(2,3)4)14-20(19)16(13-22-5)15-10-8-7-9-11-15/h6-11,16H,1,12-14H2,2-5H3/t16-,19-,20?/m0/s1. The van der Waals surface area contributed by atoms with E-state index in [1.54, 1.807) is 13.2 Å². The first kappa shape index (κ1) is 17.7. The summed E-state index contributed by atoms with van der Waals surface area (Å²) in [5.41, 5.74) is 0.0284. The number of hydrogen-bond donors (Lipinski definition) is 0. The summed E-state index contributed by atoms with van der Waals surface area (Å²) in [6.45, 7) is 10.7. The Balaban J connectivity index is 2.24. The van der Waals surface area contributed by atoms with E-state index in [-0.39, 0.29) is 12.0 Å². The average molecular weight is 317 g/mol. The molecule has 1 aromatic rings. The van der Waals surface area contributed by atoms with Gasteiger partial charge in [0.1, 0.15) is 11.1 Å². The molecule has 1 heterocycles. The van der Waals surface area contributed by atoms with Crippen LogP contribution in [0.1, 0.15) is 38.8 Å². The predicted molar refractivity (Wildman–Crippen MR) is 91.2 cm³/mol. The number of carbonyl (C=O) groups is 1. The summed E-state index contributed by atoms with van der Waals surface area (Å²) in [7, 11) is 1.68. The first-order valence-corrected chi connectivity index (χ1v) is 7.99. The van der Waals surface area contributed by atoms with Gasteiger partial charge in [-0.2, -0.15) is 0 Å². The zero-order chi connectivity index (χ0) is 17.1. The zero-order valence-electron chi connectivity index (χ0n) is 14.5. The van der Waals surface area contributed by atoms with Gasteiger partial charge < -0.3 is 9.47 Å². The van der Waals surface area contributed by atoms with E-state index in [4.69, 9.17) is 9.47 Å². The van der Waals surface area contributed by atoms with Gasteiger partial charge in [0.05, 0.1) is 12.6 Å². The van der Waals surface area contributed by atoms with Gasteiger partial charge >= 0.3 is 5.97 Å². The molecule has 4 nitrogen and oxygen atoms in total. The van der Waals surface area contributed by atoms with Gasteiger partial charge in [0, 0.05) is 13.7 Å². The Morgan fingerprint density at radius 2 is 2.04 bits per heavy atom. The molecular weight excluding hydrogens is 290 g/mol. The molecule has 0 N–H and O–H groups in total. The lowest BCUT2D eigenvalue weighted by atomic mass is 10.0. The fourth-order valence-corrected chi connectivity index (χ4v) is 2.91. The van der Waals surface area contributed by atoms with Crippen molar-refractivity contribution in [3.05, 3.63) is 48.6 Å². The molecule has 0 aromatic heterocycles. The maximum absolute atomic E-state index is 12.7. The van der Waals surface area contributed by atoms with Gasteiger partial charge in [-0.25, -0.2) is 4.79 Å². The van der Waals surface area contributed by atoms with Crippen molar-refractivity contribution in [1.82, 2.24) is 4.90 Å². The van der Waals surface area contributed by atoms with Crippen LogP contribution in [0.15, 0.2) is 43.0 Å². The lowest BCUT2D eigenvalue weighted by Crippen LogP contribution is -2.38. The van der Waals surface area contributed by atoms with E-state index in [0.717, 1.165) is 5.56 Å². The molecule has 1 aromatic carbocycles. The van der Waals surface area contributed by atoms with Gasteiger partial charge in [0.2, 0.25) is 0 Å². The van der Waals surface area contributed by atoms with Crippen LogP contribution in [0.25, 0.3) is 0 Å². The predicted octanol–water partition coefficient (Wildman–Crippen LogP) is 3.35. The van der Waals surface area contributed by atoms with Crippen LogP contribution in [0.3, 0.4) is 0 Å². The highest BCUT2D eigenvalue weighted by Gasteiger charge is 2.61. The third kappa shape index (κ3) is 4.01. The normalized spacial score (nSPS) is 24.8. The average Bonchev–Trinajstić information content (AvgIpc) is 3.20. The Bertz CT molecular complexity index is 549. The zero-order valence-corrected chi connectivity index (χ0v) is 14.5. The Kier molecular flexibility index (Phi) is 5.27. The van der Waals surface area contributed by atoms with Crippen LogP contribution in [0.2, 0.25) is 0 Å². The summed E-state index contributed by atoms with van der Waals surface area (Å²) in [5, 5.41) is 0. The second-order valence-electron chi connectivity index (χ2n) is 7.04. The minimum absolute atomic E-state index is 0.0358. The molecule has 0 aliphatic carbocycles. The summed E-state index contributed by atoms with van der Waals surface area (Å²) in [5.74, 6) is -0.179. The number of benzene rings is 1. The van der Waals surface area contributed by atoms with Crippen LogP contribution in [-0.4, -0.2) is 42.3 Å². The molecule has 0 bridgehead atoms. The molecule has 23 heavy (non-hydrogen) atoms. The molecule has 0 amide bonds. The highest BCUT2D eigenvalue weighted by Crippen LogP contribution is 2.45. The number of methoxy groups -OCH3 is 1. The molecule has 126 valence electrons. The van der Waals surface area contributed by atoms with Gasteiger partial charge in [-0.15, -0.1) is 6.58 Å². The van der Waals surface area contributed by atoms with Gasteiger partial charge in [0.15, 0.2) is 0 Å². The Hall–Kier alpha value is -1.65. The number of nitrogens with zero attached hydrogens (tertiary/aromatic N) is 1. The van der Waals surface area contributed by atoms with Crippen molar-refractivity contribution in [3.8, 4) is 0 Å². The maximum atomic E-state index is 12.7. The van der Waals surface area contributed by atoms with Crippen molar-refractivity contribution in [2.24, 2.45) is 0 Å². The van der Waals surface area contributed by atoms with Crippen LogP contribution < -0.4 is 0 Å². The van der Waals surface area contributed by atoms with Crippen LogP contribution in [0, 0.1) is 0 Å². The van der Waals surface area contributed by atoms with E-state index in [1.165, 1.54) is 0 Å². The number of ether oxygens (including phenoxy) is 2. The monoisotopic (exact) mass is 317 g/mol. The second kappa shape index (κ2) is 6.85. The molecular formula is C19H27NO3. The van der Waals surface area contributed by atoms with Crippen molar-refractivity contribution in [1.29, 1.82) is 0 Å². The molecule has 1 unspecified atom stereocenters. The fraction of sp³-hybridized carbons (Fsp3) is 0.526. The SMILES string of the molecule is C=CC[C@@]1(C(=O)OC(C)(C)C)CN1[C@@H](COC)c1ccccc1. The first-order valence-electron chi connectivity index (χ1n) is 7.99. The number of esters is 1. The summed E-state index contributed by atoms with van der Waals surface area (Å²) in [6.07, 6.45) is 2.37. The van der Waals surface area contributed by atoms with Crippen molar-refractivity contribution in [3.63, 3.8) is 0 Å². The van der Waals surface area contributed by atoms with Crippen molar-refractivity contribution < 1.29 is 14.3 Å². The largest absolute Gasteiger partial charge is 0.459 e. The quantitative estimate of drug-likeness (QED) is 0.439. The third-order valence-corrected chi connectivity index (χ3v) is 4.02. The fourth-order valence-electron chi connectivity index (χ4n) is 2.91. The van der Waals surface area contributed by atoms with E-state index < -0.39 is 11.1 Å². The van der Waals surface area contributed by atoms with Gasteiger partial charge in [-0.3, -0.25) is 4.90 Å². The first-order chi connectivity index (χ1) is 10.8. The van der Waals surface area contributed by atoms with E-state index in [2.05, 4.69) is 23.6 Å². The van der Waals surface area contributed by atoms with Crippen LogP contribution in [0.4, 0.5) is 0 Å². The summed E-state index contributed by atoms with van der Waals surface area (Å²) in [4.78, 5) is 14.9. The molecule has 4 heteroatoms. The summed E-state index contributed by atoms with van der Waals surface area (Å²) < 4.78 is 11.0. The highest BCUT2D eigenvalue weighted by atomic mass is 16.6. The van der Waals surface area contributed by atoms with Crippen molar-refractivity contribution in [2.45, 2.75) is 44.4 Å². The van der Waals surface area contributed by atoms with Crippen LogP contribution in [0.5, 0.6) is 0 Å². The molecule has 1 aliphatic heterocycles. The third-order valence-electron chi connectivity index (χ3n) is 4.02. The lowest BCUT2D eigenvalue weighted by Gasteiger charge is -2.27. The number of carbonyl (C=O) groups excluding carboxylic acids is 1. The van der Waals surface area contributed by atoms with E-state index >= 15 is 0 Å². The van der Waals surface area contributed by atoms with Crippen molar-refractivity contribution in [2.75, 3.05) is 20.3 Å². The van der Waals surface area contributed by atoms with Crippen molar-refractivity contribution >= 4 is 5.97 Å². The number of hydrogen-bond acceptors (Lipinski definition) is 4. The molecule has 0 radical (unpaired) electrons. The number of rotatable bonds is 7. The van der Waals surface area contributed by atoms with E-state index in [1.807, 2.05) is 39.0 Å². The summed E-state index contributed by atoms with van der Waals surface area (Å²) in [6, 6.07) is 10.2. The van der Waals surface area contributed by atoms with Gasteiger partial charge in [-0.05, 0) is 32.8 Å². The lowest BCUT2D eigenvalue weighted by molar-refractivity contribution is -0.159. The van der Waals surface area contributed by atoms with E-state index in [9.17, 15) is 4.79 Å². The molecule has 1 aliphatic rings. The topological polar surface area (TPSA) is 38.5 Å². The Labute approximate surface area is 139 Å². The molecule has 0 saturated carbocycles. The minimum atomic E-state index is -0.617. The molecule has 0 spiro atoms. The molecule has 3 atom stereocenters. The molecule has 2 rings (SSSR count). The van der Waals surface area contributed by atoms with Gasteiger partial charge in [-0.1, -0.05) is 36.4 Å². The second-order valence-corrected chi connectivity index (χ2v) is 7.04. The molecule has 1 fully saturated rings. The Morgan fingerprint density at radius 3 is 2.57 bits per heavy atom. The van der Waals surface area contributed by atoms with Gasteiger partial charge in [0.25, 0.3) is 0 Å². The summed E-state index contributed by atoms with van der Waals surface area (Å²) >= 11 is 0. The van der Waals surface area contributed by atoms with Crippen LogP contribution in [-0.2, 0) is 14.3 Å². The van der Waals surface area contributed by atoms with E-state index in [0.29, 0.717) is 19.6 Å².